The average Bonchev–Trinajstić information content (AvgIpc) is 2.87. The number of amides is 3. The summed E-state index contributed by atoms with van der Waals surface area (Å²) in [6.07, 6.45) is 8.59. The normalized spacial score (nSPS) is 27.8. The number of imide groups is 1. The van der Waals surface area contributed by atoms with Crippen LogP contribution >= 0.6 is 0 Å². The lowest BCUT2D eigenvalue weighted by molar-refractivity contribution is -0.153. The molecule has 0 unspecified atom stereocenters. The van der Waals surface area contributed by atoms with Gasteiger partial charge in [-0.3, -0.25) is 19.3 Å². The van der Waals surface area contributed by atoms with Crippen molar-refractivity contribution >= 4 is 23.7 Å². The lowest BCUT2D eigenvalue weighted by Crippen LogP contribution is -2.58. The van der Waals surface area contributed by atoms with E-state index in [1.165, 1.54) is 7.11 Å². The highest BCUT2D eigenvalue weighted by Gasteiger charge is 2.48. The molecule has 0 spiro atoms. The molecule has 7 heteroatoms. The molecule has 0 radical (unpaired) electrons. The van der Waals surface area contributed by atoms with Crippen molar-refractivity contribution in [2.75, 3.05) is 13.7 Å². The van der Waals surface area contributed by atoms with E-state index in [1.54, 1.807) is 0 Å². The van der Waals surface area contributed by atoms with Gasteiger partial charge in [0, 0.05) is 0 Å². The van der Waals surface area contributed by atoms with Gasteiger partial charge in [-0.25, -0.2) is 4.79 Å². The Morgan fingerprint density at radius 3 is 2.20 bits per heavy atom. The van der Waals surface area contributed by atoms with Crippen molar-refractivity contribution in [3.63, 3.8) is 0 Å². The fraction of sp³-hybridized carbons (Fsp3) is 0.667. The van der Waals surface area contributed by atoms with Crippen LogP contribution in [0.2, 0.25) is 0 Å². The summed E-state index contributed by atoms with van der Waals surface area (Å²) in [4.78, 5) is 50.7. The second kappa shape index (κ2) is 6.98. The molecule has 1 saturated carbocycles. The monoisotopic (exact) mass is 348 g/mol. The zero-order valence-electron chi connectivity index (χ0n) is 14.5. The lowest BCUT2D eigenvalue weighted by Gasteiger charge is -2.35. The van der Waals surface area contributed by atoms with Crippen LogP contribution in [0.3, 0.4) is 0 Å². The van der Waals surface area contributed by atoms with Crippen molar-refractivity contribution in [1.29, 1.82) is 0 Å². The van der Waals surface area contributed by atoms with E-state index in [0.29, 0.717) is 25.7 Å². The Kier molecular flexibility index (Phi) is 4.92. The number of rotatable bonds is 4. The van der Waals surface area contributed by atoms with E-state index in [2.05, 4.69) is 5.32 Å². The molecule has 2 fully saturated rings. The first kappa shape index (κ1) is 17.6. The van der Waals surface area contributed by atoms with Gasteiger partial charge in [-0.1, -0.05) is 31.4 Å². The van der Waals surface area contributed by atoms with Gasteiger partial charge in [0.25, 0.3) is 0 Å². The van der Waals surface area contributed by atoms with E-state index in [-0.39, 0.29) is 30.2 Å². The molecule has 1 aliphatic heterocycles. The van der Waals surface area contributed by atoms with Crippen molar-refractivity contribution in [2.24, 2.45) is 11.8 Å². The van der Waals surface area contributed by atoms with Crippen molar-refractivity contribution < 1.29 is 23.9 Å². The Hall–Kier alpha value is -2.18. The Bertz CT molecular complexity index is 595. The van der Waals surface area contributed by atoms with Crippen molar-refractivity contribution in [3.8, 4) is 0 Å². The van der Waals surface area contributed by atoms with Crippen LogP contribution in [0.1, 0.15) is 44.9 Å². The molecule has 0 aromatic carbocycles. The summed E-state index contributed by atoms with van der Waals surface area (Å²) in [5.74, 6) is -2.22. The van der Waals surface area contributed by atoms with Crippen molar-refractivity contribution in [2.45, 2.75) is 50.5 Å². The first-order valence-corrected chi connectivity index (χ1v) is 8.88. The molecule has 25 heavy (non-hydrogen) atoms. The van der Waals surface area contributed by atoms with Crippen LogP contribution in [0.5, 0.6) is 0 Å². The van der Waals surface area contributed by atoms with Crippen LogP contribution in [0.15, 0.2) is 12.2 Å². The zero-order valence-corrected chi connectivity index (χ0v) is 14.5. The summed E-state index contributed by atoms with van der Waals surface area (Å²) in [6.45, 7) is -0.330. The van der Waals surface area contributed by atoms with E-state index in [0.717, 1.165) is 24.2 Å². The standard InChI is InChI=1S/C18H24N2O5/c1-25-17(24)18(9-5-2-6-10-18)19-14(21)11-20-15(22)12-7-3-4-8-13(12)16(20)23/h3-4,12-13H,2,5-11H2,1H3,(H,19,21)/t12-,13-/m0/s1. The summed E-state index contributed by atoms with van der Waals surface area (Å²) in [5, 5.41) is 2.76. The summed E-state index contributed by atoms with van der Waals surface area (Å²) < 4.78 is 4.87. The fourth-order valence-corrected chi connectivity index (χ4v) is 4.21. The van der Waals surface area contributed by atoms with Gasteiger partial charge in [0.2, 0.25) is 17.7 Å². The number of allylic oxidation sites excluding steroid dienone is 2. The number of ether oxygens (including phenoxy) is 1. The Balaban J connectivity index is 1.68. The minimum atomic E-state index is -1.04. The smallest absolute Gasteiger partial charge is 0.331 e. The second-order valence-electron chi connectivity index (χ2n) is 7.10. The third-order valence-corrected chi connectivity index (χ3v) is 5.56. The van der Waals surface area contributed by atoms with Gasteiger partial charge in [-0.2, -0.15) is 0 Å². The summed E-state index contributed by atoms with van der Waals surface area (Å²) in [5.41, 5.74) is -1.04. The number of esters is 1. The third kappa shape index (κ3) is 3.19. The van der Waals surface area contributed by atoms with E-state index in [1.807, 2.05) is 12.2 Å². The molecule has 3 amide bonds. The van der Waals surface area contributed by atoms with Crippen LogP contribution in [-0.4, -0.2) is 47.8 Å². The number of hydrogen-bond acceptors (Lipinski definition) is 5. The molecule has 3 aliphatic rings. The summed E-state index contributed by atoms with van der Waals surface area (Å²) in [7, 11) is 1.30. The zero-order chi connectivity index (χ0) is 18.0. The van der Waals surface area contributed by atoms with Gasteiger partial charge in [-0.05, 0) is 25.7 Å². The van der Waals surface area contributed by atoms with Gasteiger partial charge >= 0.3 is 5.97 Å². The number of carbonyl (C=O) groups excluding carboxylic acids is 4. The highest BCUT2D eigenvalue weighted by molar-refractivity contribution is 6.07. The topological polar surface area (TPSA) is 92.8 Å². The first-order chi connectivity index (χ1) is 12.0. The maximum absolute atomic E-state index is 12.5. The predicted octanol–water partition coefficient (Wildman–Crippen LogP) is 0.930. The molecule has 1 heterocycles. The van der Waals surface area contributed by atoms with E-state index in [4.69, 9.17) is 4.74 Å². The minimum absolute atomic E-state index is 0.287. The fourth-order valence-electron chi connectivity index (χ4n) is 4.21. The Labute approximate surface area is 146 Å². The highest BCUT2D eigenvalue weighted by Crippen LogP contribution is 2.35. The molecule has 0 aromatic heterocycles. The Morgan fingerprint density at radius 1 is 1.12 bits per heavy atom. The quantitative estimate of drug-likeness (QED) is 0.463. The molecule has 2 atom stereocenters. The van der Waals surface area contributed by atoms with Crippen LogP contribution in [0.25, 0.3) is 0 Å². The van der Waals surface area contributed by atoms with Crippen LogP contribution in [0, 0.1) is 11.8 Å². The van der Waals surface area contributed by atoms with E-state index in [9.17, 15) is 19.2 Å². The number of carbonyl (C=O) groups is 4. The SMILES string of the molecule is COC(=O)C1(NC(=O)CN2C(=O)[C@H]3CC=CC[C@@H]3C2=O)CCCCC1. The second-order valence-corrected chi connectivity index (χ2v) is 7.10. The largest absolute Gasteiger partial charge is 0.467 e. The first-order valence-electron chi connectivity index (χ1n) is 8.88. The molecule has 136 valence electrons. The molecule has 0 aromatic rings. The number of likely N-dealkylation sites (tertiary alicyclic amines) is 1. The molecule has 1 N–H and O–H groups in total. The van der Waals surface area contributed by atoms with Gasteiger partial charge in [-0.15, -0.1) is 0 Å². The lowest BCUT2D eigenvalue weighted by atomic mass is 9.81. The number of nitrogens with one attached hydrogen (secondary N) is 1. The van der Waals surface area contributed by atoms with Crippen molar-refractivity contribution in [3.05, 3.63) is 12.2 Å². The number of nitrogens with zero attached hydrogens (tertiary/aromatic N) is 1. The van der Waals surface area contributed by atoms with Gasteiger partial charge in [0.15, 0.2) is 0 Å². The van der Waals surface area contributed by atoms with Crippen LogP contribution in [0.4, 0.5) is 0 Å². The molecule has 1 saturated heterocycles. The predicted molar refractivity (Wildman–Crippen MR) is 88.0 cm³/mol. The molecule has 7 nitrogen and oxygen atoms in total. The van der Waals surface area contributed by atoms with Crippen LogP contribution < -0.4 is 5.32 Å². The number of hydrogen-bond donors (Lipinski definition) is 1. The summed E-state index contributed by atoms with van der Waals surface area (Å²) in [6, 6.07) is 0. The molecular formula is C18H24N2O5. The molecule has 0 bridgehead atoms. The maximum atomic E-state index is 12.5. The van der Waals surface area contributed by atoms with E-state index >= 15 is 0 Å². The molecule has 2 aliphatic carbocycles. The molecular weight excluding hydrogens is 324 g/mol. The van der Waals surface area contributed by atoms with Gasteiger partial charge < -0.3 is 10.1 Å². The highest BCUT2D eigenvalue weighted by atomic mass is 16.5. The maximum Gasteiger partial charge on any atom is 0.331 e. The number of fused-ring (bicyclic) bond motifs is 1. The molecule has 3 rings (SSSR count). The summed E-state index contributed by atoms with van der Waals surface area (Å²) >= 11 is 0. The third-order valence-electron chi connectivity index (χ3n) is 5.56. The van der Waals surface area contributed by atoms with E-state index < -0.39 is 17.4 Å². The Morgan fingerprint density at radius 2 is 1.68 bits per heavy atom. The minimum Gasteiger partial charge on any atom is -0.467 e. The average molecular weight is 348 g/mol. The number of methoxy groups -OCH3 is 1. The van der Waals surface area contributed by atoms with Crippen molar-refractivity contribution in [1.82, 2.24) is 10.2 Å². The van der Waals surface area contributed by atoms with Crippen LogP contribution in [-0.2, 0) is 23.9 Å². The van der Waals surface area contributed by atoms with Gasteiger partial charge in [0.1, 0.15) is 12.1 Å². The van der Waals surface area contributed by atoms with Gasteiger partial charge in [0.05, 0.1) is 18.9 Å².